The van der Waals surface area contributed by atoms with E-state index in [0.29, 0.717) is 12.0 Å². The van der Waals surface area contributed by atoms with Gasteiger partial charge in [0.25, 0.3) is 0 Å². The molecule has 0 aromatic heterocycles. The predicted octanol–water partition coefficient (Wildman–Crippen LogP) is 3.77. The quantitative estimate of drug-likeness (QED) is 0.776. The van der Waals surface area contributed by atoms with Crippen molar-refractivity contribution in [2.24, 2.45) is 11.8 Å². The highest BCUT2D eigenvalue weighted by Gasteiger charge is 2.40. The molecule has 3 unspecified atom stereocenters. The molecule has 0 aromatic rings. The van der Waals surface area contributed by atoms with Gasteiger partial charge in [0.15, 0.2) is 0 Å². The highest BCUT2D eigenvalue weighted by molar-refractivity contribution is 4.93. The first kappa shape index (κ1) is 17.2. The molecule has 2 fully saturated rings. The lowest BCUT2D eigenvalue weighted by Crippen LogP contribution is -2.48. The van der Waals surface area contributed by atoms with Crippen molar-refractivity contribution in [2.75, 3.05) is 26.9 Å². The molecular weight excluding hydrogens is 262 g/mol. The van der Waals surface area contributed by atoms with Crippen LogP contribution in [-0.4, -0.2) is 38.5 Å². The van der Waals surface area contributed by atoms with Gasteiger partial charge in [-0.25, -0.2) is 0 Å². The van der Waals surface area contributed by atoms with Crippen molar-refractivity contribution in [1.29, 1.82) is 0 Å². The van der Waals surface area contributed by atoms with E-state index in [9.17, 15) is 0 Å². The second-order valence-electron chi connectivity index (χ2n) is 7.31. The molecule has 0 aromatic carbocycles. The van der Waals surface area contributed by atoms with Crippen molar-refractivity contribution in [1.82, 2.24) is 5.32 Å². The standard InChI is InChI=1S/C18H35NO2/c1-4-19-17(12-15(2)14-20-3)16-8-11-21-18(13-16)9-6-5-7-10-18/h15-17,19H,4-14H2,1-3H3. The first-order valence-corrected chi connectivity index (χ1v) is 9.05. The summed E-state index contributed by atoms with van der Waals surface area (Å²) in [7, 11) is 1.81. The number of nitrogens with one attached hydrogen (secondary N) is 1. The van der Waals surface area contributed by atoms with Crippen LogP contribution in [0.3, 0.4) is 0 Å². The zero-order valence-corrected chi connectivity index (χ0v) is 14.3. The van der Waals surface area contributed by atoms with Crippen molar-refractivity contribution in [3.8, 4) is 0 Å². The van der Waals surface area contributed by atoms with Crippen LogP contribution in [0.4, 0.5) is 0 Å². The van der Waals surface area contributed by atoms with Gasteiger partial charge in [-0.1, -0.05) is 33.1 Å². The number of methoxy groups -OCH3 is 1. The molecule has 1 spiro atoms. The van der Waals surface area contributed by atoms with E-state index < -0.39 is 0 Å². The van der Waals surface area contributed by atoms with Gasteiger partial charge >= 0.3 is 0 Å². The van der Waals surface area contributed by atoms with E-state index in [1.165, 1.54) is 51.4 Å². The zero-order valence-electron chi connectivity index (χ0n) is 14.3. The van der Waals surface area contributed by atoms with Gasteiger partial charge in [-0.3, -0.25) is 0 Å². The third-order valence-electron chi connectivity index (χ3n) is 5.44. The van der Waals surface area contributed by atoms with Crippen LogP contribution in [0.5, 0.6) is 0 Å². The lowest BCUT2D eigenvalue weighted by molar-refractivity contribution is -0.122. The summed E-state index contributed by atoms with van der Waals surface area (Å²) < 4.78 is 11.6. The van der Waals surface area contributed by atoms with Crippen molar-refractivity contribution in [2.45, 2.75) is 76.9 Å². The minimum atomic E-state index is 0.222. The summed E-state index contributed by atoms with van der Waals surface area (Å²) in [5, 5.41) is 3.75. The fraction of sp³-hybridized carbons (Fsp3) is 1.00. The van der Waals surface area contributed by atoms with Gasteiger partial charge in [-0.05, 0) is 50.5 Å². The lowest BCUT2D eigenvalue weighted by Gasteiger charge is -2.46. The SMILES string of the molecule is CCNC(CC(C)COC)C1CCOC2(CCCCC2)C1. The molecular formula is C18H35NO2. The molecule has 1 saturated carbocycles. The maximum atomic E-state index is 6.26. The van der Waals surface area contributed by atoms with Gasteiger partial charge in [0.2, 0.25) is 0 Å². The number of hydrogen-bond acceptors (Lipinski definition) is 3. The summed E-state index contributed by atoms with van der Waals surface area (Å²) in [5.41, 5.74) is 0.222. The summed E-state index contributed by atoms with van der Waals surface area (Å²) in [6, 6.07) is 0.628. The molecule has 0 bridgehead atoms. The van der Waals surface area contributed by atoms with E-state index in [0.717, 1.165) is 25.7 Å². The molecule has 1 N–H and O–H groups in total. The second kappa shape index (κ2) is 8.50. The Morgan fingerprint density at radius 3 is 2.71 bits per heavy atom. The Morgan fingerprint density at radius 2 is 2.05 bits per heavy atom. The summed E-state index contributed by atoms with van der Waals surface area (Å²) in [5.74, 6) is 1.40. The van der Waals surface area contributed by atoms with Crippen LogP contribution < -0.4 is 5.32 Å². The lowest BCUT2D eigenvalue weighted by atomic mass is 9.73. The summed E-state index contributed by atoms with van der Waals surface area (Å²) in [6.45, 7) is 7.43. The maximum Gasteiger partial charge on any atom is 0.0685 e. The number of rotatable bonds is 7. The maximum absolute atomic E-state index is 6.26. The Labute approximate surface area is 131 Å². The molecule has 1 saturated heterocycles. The molecule has 3 heteroatoms. The van der Waals surface area contributed by atoms with E-state index >= 15 is 0 Å². The highest BCUT2D eigenvalue weighted by atomic mass is 16.5. The summed E-state index contributed by atoms with van der Waals surface area (Å²) in [4.78, 5) is 0. The van der Waals surface area contributed by atoms with E-state index in [1.54, 1.807) is 0 Å². The molecule has 124 valence electrons. The molecule has 1 heterocycles. The van der Waals surface area contributed by atoms with Gasteiger partial charge in [0.1, 0.15) is 0 Å². The van der Waals surface area contributed by atoms with Crippen LogP contribution in [0.2, 0.25) is 0 Å². The van der Waals surface area contributed by atoms with Crippen LogP contribution in [0, 0.1) is 11.8 Å². The van der Waals surface area contributed by atoms with Crippen molar-refractivity contribution >= 4 is 0 Å². The molecule has 0 amide bonds. The minimum absolute atomic E-state index is 0.222. The average Bonchev–Trinajstić information content (AvgIpc) is 2.48. The first-order chi connectivity index (χ1) is 10.2. The molecule has 2 rings (SSSR count). The normalized spacial score (nSPS) is 28.4. The zero-order chi connectivity index (χ0) is 15.1. The van der Waals surface area contributed by atoms with E-state index in [1.807, 2.05) is 7.11 Å². The Kier molecular flexibility index (Phi) is 6.97. The van der Waals surface area contributed by atoms with Crippen molar-refractivity contribution < 1.29 is 9.47 Å². The van der Waals surface area contributed by atoms with E-state index in [-0.39, 0.29) is 5.60 Å². The van der Waals surface area contributed by atoms with Crippen LogP contribution in [0.15, 0.2) is 0 Å². The summed E-state index contributed by atoms with van der Waals surface area (Å²) in [6.07, 6.45) is 10.4. The van der Waals surface area contributed by atoms with Crippen LogP contribution >= 0.6 is 0 Å². The smallest absolute Gasteiger partial charge is 0.0685 e. The monoisotopic (exact) mass is 297 g/mol. The number of ether oxygens (including phenoxy) is 2. The van der Waals surface area contributed by atoms with Crippen LogP contribution in [0.25, 0.3) is 0 Å². The van der Waals surface area contributed by atoms with E-state index in [2.05, 4.69) is 19.2 Å². The Bertz CT molecular complexity index is 283. The Hall–Kier alpha value is -0.120. The van der Waals surface area contributed by atoms with Gasteiger partial charge < -0.3 is 14.8 Å². The Morgan fingerprint density at radius 1 is 1.29 bits per heavy atom. The number of hydrogen-bond donors (Lipinski definition) is 1. The van der Waals surface area contributed by atoms with Gasteiger partial charge in [-0.2, -0.15) is 0 Å². The molecule has 21 heavy (non-hydrogen) atoms. The van der Waals surface area contributed by atoms with Crippen molar-refractivity contribution in [3.63, 3.8) is 0 Å². The molecule has 3 atom stereocenters. The molecule has 1 aliphatic carbocycles. The second-order valence-corrected chi connectivity index (χ2v) is 7.31. The van der Waals surface area contributed by atoms with E-state index in [4.69, 9.17) is 9.47 Å². The summed E-state index contributed by atoms with van der Waals surface area (Å²) >= 11 is 0. The van der Waals surface area contributed by atoms with Crippen molar-refractivity contribution in [3.05, 3.63) is 0 Å². The molecule has 1 aliphatic heterocycles. The fourth-order valence-corrected chi connectivity index (χ4v) is 4.44. The average molecular weight is 297 g/mol. The van der Waals surface area contributed by atoms with Gasteiger partial charge in [0.05, 0.1) is 5.60 Å². The minimum Gasteiger partial charge on any atom is -0.384 e. The third kappa shape index (κ3) is 4.94. The Balaban J connectivity index is 1.94. The van der Waals surface area contributed by atoms with Crippen LogP contribution in [-0.2, 0) is 9.47 Å². The molecule has 0 radical (unpaired) electrons. The molecule has 2 aliphatic rings. The molecule has 3 nitrogen and oxygen atoms in total. The third-order valence-corrected chi connectivity index (χ3v) is 5.44. The topological polar surface area (TPSA) is 30.5 Å². The predicted molar refractivity (Wildman–Crippen MR) is 87.6 cm³/mol. The van der Waals surface area contributed by atoms with Gasteiger partial charge in [-0.15, -0.1) is 0 Å². The van der Waals surface area contributed by atoms with Gasteiger partial charge in [0, 0.05) is 26.4 Å². The largest absolute Gasteiger partial charge is 0.384 e. The fourth-order valence-electron chi connectivity index (χ4n) is 4.44. The first-order valence-electron chi connectivity index (χ1n) is 9.05. The van der Waals surface area contributed by atoms with Crippen LogP contribution in [0.1, 0.15) is 65.2 Å². The highest BCUT2D eigenvalue weighted by Crippen LogP contribution is 2.42.